The zero-order valence-electron chi connectivity index (χ0n) is 12.3. The van der Waals surface area contributed by atoms with Crippen molar-refractivity contribution in [1.29, 1.82) is 0 Å². The Hall–Kier alpha value is -1.56. The van der Waals surface area contributed by atoms with Crippen LogP contribution >= 0.6 is 0 Å². The normalized spacial score (nSPS) is 13.0. The Morgan fingerprint density at radius 1 is 1.29 bits per heavy atom. The van der Waals surface area contributed by atoms with Gasteiger partial charge in [-0.05, 0) is 30.2 Å². The minimum Gasteiger partial charge on any atom is -0.341 e. The van der Waals surface area contributed by atoms with Gasteiger partial charge in [0, 0.05) is 20.0 Å². The number of amides is 1. The van der Waals surface area contributed by atoms with Crippen LogP contribution in [0.4, 0.5) is 13.2 Å². The summed E-state index contributed by atoms with van der Waals surface area (Å²) >= 11 is 0. The van der Waals surface area contributed by atoms with Gasteiger partial charge in [-0.3, -0.25) is 4.79 Å². The maximum atomic E-state index is 12.5. The highest BCUT2D eigenvalue weighted by atomic mass is 19.4. The number of alkyl halides is 3. The molecular formula is C15H21F3N2O. The average molecular weight is 302 g/mol. The van der Waals surface area contributed by atoms with E-state index in [9.17, 15) is 18.0 Å². The average Bonchev–Trinajstić information content (AvgIpc) is 2.44. The fraction of sp³-hybridized carbons (Fsp3) is 0.533. The molecule has 1 amide bonds. The van der Waals surface area contributed by atoms with Crippen molar-refractivity contribution in [3.63, 3.8) is 0 Å². The maximum Gasteiger partial charge on any atom is 0.416 e. The zero-order valence-corrected chi connectivity index (χ0v) is 12.3. The molecule has 1 aromatic carbocycles. The van der Waals surface area contributed by atoms with E-state index >= 15 is 0 Å². The summed E-state index contributed by atoms with van der Waals surface area (Å²) < 4.78 is 37.4. The lowest BCUT2D eigenvalue weighted by Crippen LogP contribution is -2.29. The van der Waals surface area contributed by atoms with Gasteiger partial charge in [-0.25, -0.2) is 0 Å². The molecule has 0 aliphatic rings. The highest BCUT2D eigenvalue weighted by molar-refractivity contribution is 5.76. The molecule has 0 bridgehead atoms. The van der Waals surface area contributed by atoms with Crippen LogP contribution in [0.25, 0.3) is 0 Å². The van der Waals surface area contributed by atoms with Crippen LogP contribution in [0.2, 0.25) is 0 Å². The molecule has 0 aromatic heterocycles. The molecule has 0 saturated carbocycles. The van der Waals surface area contributed by atoms with Gasteiger partial charge in [0.25, 0.3) is 0 Å². The Labute approximate surface area is 122 Å². The number of halogens is 3. The smallest absolute Gasteiger partial charge is 0.341 e. The molecule has 1 atom stereocenters. The number of hydrogen-bond acceptors (Lipinski definition) is 2. The van der Waals surface area contributed by atoms with Crippen LogP contribution in [0.3, 0.4) is 0 Å². The predicted molar refractivity (Wildman–Crippen MR) is 75.4 cm³/mol. The van der Waals surface area contributed by atoms with E-state index in [1.807, 2.05) is 6.92 Å². The fourth-order valence-corrected chi connectivity index (χ4v) is 1.96. The molecule has 21 heavy (non-hydrogen) atoms. The van der Waals surface area contributed by atoms with Gasteiger partial charge in [-0.1, -0.05) is 25.5 Å². The van der Waals surface area contributed by atoms with Crippen molar-refractivity contribution in [2.45, 2.75) is 32.5 Å². The zero-order chi connectivity index (χ0) is 16.0. The van der Waals surface area contributed by atoms with Crippen molar-refractivity contribution in [3.05, 3.63) is 35.4 Å². The molecule has 0 heterocycles. The Kier molecular flexibility index (Phi) is 6.20. The largest absolute Gasteiger partial charge is 0.416 e. The van der Waals surface area contributed by atoms with Gasteiger partial charge in [-0.15, -0.1) is 0 Å². The minimum atomic E-state index is -4.34. The first-order valence-corrected chi connectivity index (χ1v) is 6.88. The molecule has 118 valence electrons. The summed E-state index contributed by atoms with van der Waals surface area (Å²) in [6.07, 6.45) is -3.14. The van der Waals surface area contributed by atoms with Crippen molar-refractivity contribution in [3.8, 4) is 0 Å². The number of carbonyl (C=O) groups excluding carboxylic acids is 1. The van der Waals surface area contributed by atoms with Crippen molar-refractivity contribution in [1.82, 2.24) is 4.90 Å². The number of nitrogens with two attached hydrogens (primary N) is 1. The van der Waals surface area contributed by atoms with E-state index in [0.29, 0.717) is 18.5 Å². The third-order valence-electron chi connectivity index (χ3n) is 3.50. The molecule has 2 N–H and O–H groups in total. The van der Waals surface area contributed by atoms with Crippen LogP contribution in [0.5, 0.6) is 0 Å². The lowest BCUT2D eigenvalue weighted by molar-refractivity contribution is -0.137. The summed E-state index contributed by atoms with van der Waals surface area (Å²) in [4.78, 5) is 13.5. The Bertz CT molecular complexity index is 453. The number of nitrogens with zero attached hydrogens (tertiary/aromatic N) is 1. The summed E-state index contributed by atoms with van der Waals surface area (Å²) in [7, 11) is 1.64. The quantitative estimate of drug-likeness (QED) is 0.878. The molecule has 1 unspecified atom stereocenters. The molecule has 1 aromatic rings. The Morgan fingerprint density at radius 3 is 2.29 bits per heavy atom. The van der Waals surface area contributed by atoms with Crippen molar-refractivity contribution >= 4 is 5.91 Å². The van der Waals surface area contributed by atoms with E-state index < -0.39 is 11.7 Å². The van der Waals surface area contributed by atoms with Crippen LogP contribution in [-0.4, -0.2) is 24.4 Å². The molecule has 0 spiro atoms. The van der Waals surface area contributed by atoms with Gasteiger partial charge in [-0.2, -0.15) is 13.2 Å². The summed E-state index contributed by atoms with van der Waals surface area (Å²) in [5.41, 5.74) is 5.55. The third-order valence-corrected chi connectivity index (χ3v) is 3.50. The van der Waals surface area contributed by atoms with E-state index in [2.05, 4.69) is 0 Å². The monoisotopic (exact) mass is 302 g/mol. The number of benzene rings is 1. The molecule has 0 aliphatic carbocycles. The van der Waals surface area contributed by atoms with E-state index in [4.69, 9.17) is 5.73 Å². The van der Waals surface area contributed by atoms with Crippen LogP contribution in [0.15, 0.2) is 24.3 Å². The fourth-order valence-electron chi connectivity index (χ4n) is 1.96. The van der Waals surface area contributed by atoms with Gasteiger partial charge in [0.2, 0.25) is 5.91 Å². The van der Waals surface area contributed by atoms with Crippen LogP contribution in [-0.2, 0) is 17.5 Å². The molecule has 1 rings (SSSR count). The minimum absolute atomic E-state index is 0.0489. The Balaban J connectivity index is 2.62. The highest BCUT2D eigenvalue weighted by Crippen LogP contribution is 2.29. The van der Waals surface area contributed by atoms with Crippen molar-refractivity contribution < 1.29 is 18.0 Å². The summed E-state index contributed by atoms with van der Waals surface area (Å²) in [6.45, 7) is 2.72. The maximum absolute atomic E-state index is 12.5. The SMILES string of the molecule is CCC(CN)CC(=O)N(C)Cc1ccc(C(F)(F)F)cc1. The van der Waals surface area contributed by atoms with Gasteiger partial charge < -0.3 is 10.6 Å². The highest BCUT2D eigenvalue weighted by Gasteiger charge is 2.30. The molecule has 0 radical (unpaired) electrons. The lowest BCUT2D eigenvalue weighted by Gasteiger charge is -2.20. The second-order valence-corrected chi connectivity index (χ2v) is 5.16. The summed E-state index contributed by atoms with van der Waals surface area (Å²) in [5, 5.41) is 0. The molecule has 3 nitrogen and oxygen atoms in total. The van der Waals surface area contributed by atoms with Gasteiger partial charge in [0.15, 0.2) is 0 Å². The Morgan fingerprint density at radius 2 is 1.86 bits per heavy atom. The first kappa shape index (κ1) is 17.5. The number of rotatable bonds is 6. The second kappa shape index (κ2) is 7.45. The summed E-state index contributed by atoms with van der Waals surface area (Å²) in [6, 6.07) is 4.85. The van der Waals surface area contributed by atoms with Crippen LogP contribution < -0.4 is 5.73 Å². The standard InChI is InChI=1S/C15H21F3N2O/c1-3-11(9-19)8-14(21)20(2)10-12-4-6-13(7-5-12)15(16,17)18/h4-7,11H,3,8-10,19H2,1-2H3. The van der Waals surface area contributed by atoms with Crippen LogP contribution in [0, 0.1) is 5.92 Å². The summed E-state index contributed by atoms with van der Waals surface area (Å²) in [5.74, 6) is 0.0970. The molecule has 0 aliphatic heterocycles. The van der Waals surface area contributed by atoms with Crippen molar-refractivity contribution in [2.24, 2.45) is 11.7 Å². The lowest BCUT2D eigenvalue weighted by atomic mass is 10.0. The van der Waals surface area contributed by atoms with Crippen LogP contribution in [0.1, 0.15) is 30.9 Å². The predicted octanol–water partition coefficient (Wildman–Crippen LogP) is 3.04. The van der Waals surface area contributed by atoms with Gasteiger partial charge in [0.1, 0.15) is 0 Å². The van der Waals surface area contributed by atoms with Gasteiger partial charge in [0.05, 0.1) is 5.56 Å². The van der Waals surface area contributed by atoms with Crippen molar-refractivity contribution in [2.75, 3.05) is 13.6 Å². The topological polar surface area (TPSA) is 46.3 Å². The number of carbonyl (C=O) groups is 1. The second-order valence-electron chi connectivity index (χ2n) is 5.16. The van der Waals surface area contributed by atoms with E-state index in [0.717, 1.165) is 18.6 Å². The van der Waals surface area contributed by atoms with E-state index in [1.54, 1.807) is 7.05 Å². The van der Waals surface area contributed by atoms with E-state index in [1.165, 1.54) is 17.0 Å². The molecule has 6 heteroatoms. The first-order chi connectivity index (χ1) is 9.77. The first-order valence-electron chi connectivity index (χ1n) is 6.88. The number of hydrogen-bond donors (Lipinski definition) is 1. The van der Waals surface area contributed by atoms with Gasteiger partial charge >= 0.3 is 6.18 Å². The molecular weight excluding hydrogens is 281 g/mol. The molecule has 0 saturated heterocycles. The molecule has 0 fully saturated rings. The van der Waals surface area contributed by atoms with E-state index in [-0.39, 0.29) is 18.4 Å². The third kappa shape index (κ3) is 5.38.